The molecule has 0 fully saturated rings. The predicted molar refractivity (Wildman–Crippen MR) is 87.8 cm³/mol. The molecule has 3 N–H and O–H groups in total. The molecule has 0 radical (unpaired) electrons. The van der Waals surface area contributed by atoms with Crippen molar-refractivity contribution in [3.8, 4) is 0 Å². The maximum Gasteiger partial charge on any atom is 0.293 e. The summed E-state index contributed by atoms with van der Waals surface area (Å²) in [5, 5.41) is 14.3. The normalized spacial score (nSPS) is 11.7. The van der Waals surface area contributed by atoms with Gasteiger partial charge in [0, 0.05) is 22.1 Å². The molecule has 0 saturated carbocycles. The minimum absolute atomic E-state index is 0.104. The third-order valence-electron chi connectivity index (χ3n) is 3.20. The third-order valence-corrected chi connectivity index (χ3v) is 3.69. The molecule has 1 amide bonds. The lowest BCUT2D eigenvalue weighted by Gasteiger charge is -2.16. The Labute approximate surface area is 135 Å². The Morgan fingerprint density at radius 3 is 2.64 bits per heavy atom. The second kappa shape index (κ2) is 6.57. The number of nitro benzene ring substituents is 1. The summed E-state index contributed by atoms with van der Waals surface area (Å²) in [6, 6.07) is 11.6. The summed E-state index contributed by atoms with van der Waals surface area (Å²) in [5.41, 5.74) is 6.39. The largest absolute Gasteiger partial charge is 0.373 e. The van der Waals surface area contributed by atoms with Gasteiger partial charge < -0.3 is 11.1 Å². The number of nitrogens with zero attached hydrogens (tertiary/aromatic N) is 1. The summed E-state index contributed by atoms with van der Waals surface area (Å²) in [6.45, 7) is 1.90. The minimum atomic E-state index is -0.699. The van der Waals surface area contributed by atoms with Crippen molar-refractivity contribution < 1.29 is 9.72 Å². The molecule has 6 nitrogen and oxygen atoms in total. The van der Waals surface area contributed by atoms with Crippen molar-refractivity contribution in [1.82, 2.24) is 0 Å². The second-order valence-electron chi connectivity index (χ2n) is 4.77. The molecule has 0 aromatic heterocycles. The average molecular weight is 364 g/mol. The highest BCUT2D eigenvalue weighted by Gasteiger charge is 2.18. The van der Waals surface area contributed by atoms with Crippen LogP contribution in [-0.4, -0.2) is 10.8 Å². The summed E-state index contributed by atoms with van der Waals surface area (Å²) in [7, 11) is 0. The highest BCUT2D eigenvalue weighted by molar-refractivity contribution is 9.10. The van der Waals surface area contributed by atoms with Crippen LogP contribution in [0.4, 0.5) is 11.4 Å². The predicted octanol–water partition coefficient (Wildman–Crippen LogP) is 3.63. The van der Waals surface area contributed by atoms with Crippen molar-refractivity contribution in [1.29, 1.82) is 0 Å². The zero-order valence-electron chi connectivity index (χ0n) is 11.7. The summed E-state index contributed by atoms with van der Waals surface area (Å²) in [6.07, 6.45) is 0. The number of nitrogens with two attached hydrogens (primary N) is 1. The van der Waals surface area contributed by atoms with E-state index in [1.54, 1.807) is 0 Å². The van der Waals surface area contributed by atoms with Gasteiger partial charge in [-0.05, 0) is 36.8 Å². The van der Waals surface area contributed by atoms with Crippen LogP contribution in [0, 0.1) is 10.1 Å². The monoisotopic (exact) mass is 363 g/mol. The van der Waals surface area contributed by atoms with Crippen LogP contribution in [0.2, 0.25) is 0 Å². The molecular weight excluding hydrogens is 350 g/mol. The van der Waals surface area contributed by atoms with Gasteiger partial charge in [0.15, 0.2) is 0 Å². The lowest BCUT2D eigenvalue weighted by molar-refractivity contribution is -0.384. The van der Waals surface area contributed by atoms with E-state index >= 15 is 0 Å². The average Bonchev–Trinajstić information content (AvgIpc) is 2.47. The Kier molecular flexibility index (Phi) is 4.77. The van der Waals surface area contributed by atoms with Crippen LogP contribution in [-0.2, 0) is 0 Å². The van der Waals surface area contributed by atoms with E-state index in [0.717, 1.165) is 10.0 Å². The number of amides is 1. The first kappa shape index (κ1) is 16.0. The summed E-state index contributed by atoms with van der Waals surface area (Å²) < 4.78 is 0.928. The van der Waals surface area contributed by atoms with Gasteiger partial charge in [0.05, 0.1) is 4.92 Å². The molecule has 7 heteroatoms. The van der Waals surface area contributed by atoms with Gasteiger partial charge in [-0.1, -0.05) is 28.1 Å². The van der Waals surface area contributed by atoms with Gasteiger partial charge in [-0.2, -0.15) is 0 Å². The standard InChI is InChI=1S/C15H14BrN3O3/c1-9(10-3-2-4-12(16)7-10)18-13-6-5-11(15(17)20)8-14(13)19(21)22/h2-9,18H,1H3,(H2,17,20). The van der Waals surface area contributed by atoms with E-state index in [0.29, 0.717) is 5.69 Å². The van der Waals surface area contributed by atoms with Crippen LogP contribution in [0.1, 0.15) is 28.9 Å². The Balaban J connectivity index is 2.32. The van der Waals surface area contributed by atoms with Gasteiger partial charge in [-0.3, -0.25) is 14.9 Å². The van der Waals surface area contributed by atoms with E-state index in [2.05, 4.69) is 21.2 Å². The first-order chi connectivity index (χ1) is 10.4. The van der Waals surface area contributed by atoms with Gasteiger partial charge in [0.1, 0.15) is 5.69 Å². The molecule has 22 heavy (non-hydrogen) atoms. The molecule has 114 valence electrons. The number of benzene rings is 2. The van der Waals surface area contributed by atoms with Gasteiger partial charge in [-0.15, -0.1) is 0 Å². The summed E-state index contributed by atoms with van der Waals surface area (Å²) in [5.74, 6) is -0.699. The quantitative estimate of drug-likeness (QED) is 0.625. The minimum Gasteiger partial charge on any atom is -0.373 e. The molecule has 1 unspecified atom stereocenters. The number of primary amides is 1. The smallest absolute Gasteiger partial charge is 0.293 e. The van der Waals surface area contributed by atoms with Gasteiger partial charge in [0.2, 0.25) is 5.91 Å². The number of halogens is 1. The van der Waals surface area contributed by atoms with E-state index in [-0.39, 0.29) is 17.3 Å². The number of nitro groups is 1. The summed E-state index contributed by atoms with van der Waals surface area (Å²) in [4.78, 5) is 21.8. The number of nitrogens with one attached hydrogen (secondary N) is 1. The van der Waals surface area contributed by atoms with Gasteiger partial charge >= 0.3 is 0 Å². The third kappa shape index (κ3) is 3.62. The fourth-order valence-corrected chi connectivity index (χ4v) is 2.47. The van der Waals surface area contributed by atoms with Crippen LogP contribution in [0.15, 0.2) is 46.9 Å². The van der Waals surface area contributed by atoms with Crippen molar-refractivity contribution in [2.24, 2.45) is 5.73 Å². The molecule has 0 aliphatic carbocycles. The van der Waals surface area contributed by atoms with Crippen molar-refractivity contribution in [2.45, 2.75) is 13.0 Å². The lowest BCUT2D eigenvalue weighted by atomic mass is 10.1. The van der Waals surface area contributed by atoms with Gasteiger partial charge in [-0.25, -0.2) is 0 Å². The number of carbonyl (C=O) groups excluding carboxylic acids is 1. The molecule has 1 atom stereocenters. The zero-order valence-corrected chi connectivity index (χ0v) is 13.3. The van der Waals surface area contributed by atoms with Crippen molar-refractivity contribution in [3.63, 3.8) is 0 Å². The molecule has 0 aliphatic rings. The molecule has 2 aromatic rings. The van der Waals surface area contributed by atoms with E-state index in [4.69, 9.17) is 5.73 Å². The molecule has 2 aromatic carbocycles. The Morgan fingerprint density at radius 1 is 1.32 bits per heavy atom. The number of rotatable bonds is 5. The van der Waals surface area contributed by atoms with Crippen LogP contribution < -0.4 is 11.1 Å². The molecule has 0 aliphatic heterocycles. The number of hydrogen-bond donors (Lipinski definition) is 2. The topological polar surface area (TPSA) is 98.3 Å². The van der Waals surface area contributed by atoms with Crippen LogP contribution in [0.5, 0.6) is 0 Å². The first-order valence-electron chi connectivity index (χ1n) is 6.48. The fraction of sp³-hybridized carbons (Fsp3) is 0.133. The summed E-state index contributed by atoms with van der Waals surface area (Å²) >= 11 is 3.39. The van der Waals surface area contributed by atoms with E-state index in [1.807, 2.05) is 31.2 Å². The number of hydrogen-bond acceptors (Lipinski definition) is 4. The number of carbonyl (C=O) groups is 1. The van der Waals surface area contributed by atoms with Crippen LogP contribution in [0.25, 0.3) is 0 Å². The molecule has 0 spiro atoms. The van der Waals surface area contributed by atoms with Crippen LogP contribution in [0.3, 0.4) is 0 Å². The molecule has 0 heterocycles. The van der Waals surface area contributed by atoms with E-state index in [9.17, 15) is 14.9 Å². The van der Waals surface area contributed by atoms with E-state index in [1.165, 1.54) is 18.2 Å². The Morgan fingerprint density at radius 2 is 2.05 bits per heavy atom. The van der Waals surface area contributed by atoms with Crippen molar-refractivity contribution >= 4 is 33.2 Å². The SMILES string of the molecule is CC(Nc1ccc(C(N)=O)cc1[N+](=O)[O-])c1cccc(Br)c1. The molecule has 0 saturated heterocycles. The molecule has 0 bridgehead atoms. The lowest BCUT2D eigenvalue weighted by Crippen LogP contribution is -2.13. The zero-order chi connectivity index (χ0) is 16.3. The van der Waals surface area contributed by atoms with Crippen molar-refractivity contribution in [3.05, 3.63) is 68.2 Å². The number of anilines is 1. The van der Waals surface area contributed by atoms with Crippen LogP contribution >= 0.6 is 15.9 Å². The van der Waals surface area contributed by atoms with Crippen molar-refractivity contribution in [2.75, 3.05) is 5.32 Å². The maximum atomic E-state index is 11.2. The highest BCUT2D eigenvalue weighted by atomic mass is 79.9. The van der Waals surface area contributed by atoms with E-state index < -0.39 is 10.8 Å². The van der Waals surface area contributed by atoms with Gasteiger partial charge in [0.25, 0.3) is 5.69 Å². The fourth-order valence-electron chi connectivity index (χ4n) is 2.05. The molecular formula is C15H14BrN3O3. The molecule has 2 rings (SSSR count). The first-order valence-corrected chi connectivity index (χ1v) is 7.28. The second-order valence-corrected chi connectivity index (χ2v) is 5.69. The Bertz CT molecular complexity index is 734. The maximum absolute atomic E-state index is 11.2. The highest BCUT2D eigenvalue weighted by Crippen LogP contribution is 2.29. The Hall–Kier alpha value is -2.41.